The molecule has 3 heteroatoms. The Balaban J connectivity index is 1.53. The second-order valence-electron chi connectivity index (χ2n) is 5.59. The molecule has 0 radical (unpaired) electrons. The highest BCUT2D eigenvalue weighted by atomic mass is 15.2. The molecule has 1 saturated carbocycles. The number of fused-ring (bicyclic) bond motifs is 1. The molecule has 0 aromatic heterocycles. The van der Waals surface area contributed by atoms with Crippen molar-refractivity contribution in [1.82, 2.24) is 10.2 Å². The van der Waals surface area contributed by atoms with Gasteiger partial charge in [-0.15, -0.1) is 0 Å². The summed E-state index contributed by atoms with van der Waals surface area (Å²) >= 11 is 0. The monoisotopic (exact) mass is 209 g/mol. The summed E-state index contributed by atoms with van der Waals surface area (Å²) in [4.78, 5) is 2.69. The van der Waals surface area contributed by atoms with Gasteiger partial charge in [0.15, 0.2) is 0 Å². The van der Waals surface area contributed by atoms with Crippen molar-refractivity contribution < 1.29 is 0 Å². The number of nitrogens with two attached hydrogens (primary N) is 1. The molecule has 2 aliphatic heterocycles. The van der Waals surface area contributed by atoms with Crippen LogP contribution in [0.2, 0.25) is 0 Å². The normalized spacial score (nSPS) is 46.2. The van der Waals surface area contributed by atoms with Gasteiger partial charge in [-0.1, -0.05) is 6.42 Å². The Morgan fingerprint density at radius 1 is 1.07 bits per heavy atom. The predicted octanol–water partition coefficient (Wildman–Crippen LogP) is 0.692. The zero-order chi connectivity index (χ0) is 10.3. The summed E-state index contributed by atoms with van der Waals surface area (Å²) in [5, 5.41) is 3.82. The van der Waals surface area contributed by atoms with E-state index in [1.165, 1.54) is 51.6 Å². The fourth-order valence-corrected chi connectivity index (χ4v) is 3.54. The van der Waals surface area contributed by atoms with Crippen LogP contribution in [0.4, 0.5) is 0 Å². The lowest BCUT2D eigenvalue weighted by Gasteiger charge is -2.39. The molecule has 2 unspecified atom stereocenters. The molecule has 1 aliphatic carbocycles. The van der Waals surface area contributed by atoms with Gasteiger partial charge in [0.05, 0.1) is 0 Å². The van der Waals surface area contributed by atoms with Gasteiger partial charge >= 0.3 is 0 Å². The second kappa shape index (κ2) is 4.04. The Morgan fingerprint density at radius 3 is 2.73 bits per heavy atom. The summed E-state index contributed by atoms with van der Waals surface area (Å²) < 4.78 is 0. The van der Waals surface area contributed by atoms with E-state index in [4.69, 9.17) is 5.73 Å². The summed E-state index contributed by atoms with van der Waals surface area (Å²) in [5.41, 5.74) is 5.82. The van der Waals surface area contributed by atoms with Crippen molar-refractivity contribution in [3.05, 3.63) is 0 Å². The lowest BCUT2D eigenvalue weighted by Crippen LogP contribution is -2.55. The van der Waals surface area contributed by atoms with Crippen molar-refractivity contribution in [3.8, 4) is 0 Å². The Kier molecular flexibility index (Phi) is 2.71. The molecule has 15 heavy (non-hydrogen) atoms. The van der Waals surface area contributed by atoms with E-state index in [-0.39, 0.29) is 0 Å². The molecule has 3 aliphatic rings. The minimum atomic E-state index is 0.478. The molecular weight excluding hydrogens is 186 g/mol. The lowest BCUT2D eigenvalue weighted by atomic mass is 9.86. The van der Waals surface area contributed by atoms with Crippen molar-refractivity contribution in [3.63, 3.8) is 0 Å². The maximum absolute atomic E-state index is 5.82. The highest BCUT2D eigenvalue weighted by molar-refractivity contribution is 4.98. The standard InChI is InChI=1S/C12H23N3/c13-9-7-10(8-9)14-11-4-6-15-5-2-1-3-12(11)15/h9-12,14H,1-8,13H2. The van der Waals surface area contributed by atoms with Crippen molar-refractivity contribution in [2.24, 2.45) is 5.73 Å². The van der Waals surface area contributed by atoms with Gasteiger partial charge in [0, 0.05) is 30.7 Å². The third kappa shape index (κ3) is 1.93. The van der Waals surface area contributed by atoms with E-state index < -0.39 is 0 Å². The number of nitrogens with zero attached hydrogens (tertiary/aromatic N) is 1. The fourth-order valence-electron chi connectivity index (χ4n) is 3.54. The van der Waals surface area contributed by atoms with E-state index in [1.54, 1.807) is 0 Å². The number of nitrogens with one attached hydrogen (secondary N) is 1. The largest absolute Gasteiger partial charge is 0.328 e. The molecule has 2 saturated heterocycles. The van der Waals surface area contributed by atoms with Crippen LogP contribution >= 0.6 is 0 Å². The molecular formula is C12H23N3. The molecule has 3 nitrogen and oxygen atoms in total. The molecule has 0 aromatic rings. The first-order valence-corrected chi connectivity index (χ1v) is 6.58. The summed E-state index contributed by atoms with van der Waals surface area (Å²) in [7, 11) is 0. The fraction of sp³-hybridized carbons (Fsp3) is 1.00. The van der Waals surface area contributed by atoms with Gasteiger partial charge < -0.3 is 11.1 Å². The van der Waals surface area contributed by atoms with Gasteiger partial charge in [0.25, 0.3) is 0 Å². The number of hydrogen-bond acceptors (Lipinski definition) is 3. The number of rotatable bonds is 2. The van der Waals surface area contributed by atoms with Crippen LogP contribution in [0.5, 0.6) is 0 Å². The third-order valence-corrected chi connectivity index (χ3v) is 4.48. The molecule has 3 fully saturated rings. The molecule has 0 spiro atoms. The first-order valence-electron chi connectivity index (χ1n) is 6.58. The molecule has 0 aromatic carbocycles. The topological polar surface area (TPSA) is 41.3 Å². The lowest BCUT2D eigenvalue weighted by molar-refractivity contribution is 0.164. The third-order valence-electron chi connectivity index (χ3n) is 4.48. The minimum absolute atomic E-state index is 0.478. The molecule has 2 heterocycles. The quantitative estimate of drug-likeness (QED) is 0.703. The summed E-state index contributed by atoms with van der Waals surface area (Å²) in [6.07, 6.45) is 8.01. The Hall–Kier alpha value is -0.120. The van der Waals surface area contributed by atoms with Gasteiger partial charge in [-0.05, 0) is 38.6 Å². The van der Waals surface area contributed by atoms with Crippen LogP contribution in [-0.2, 0) is 0 Å². The van der Waals surface area contributed by atoms with Crippen molar-refractivity contribution in [2.75, 3.05) is 13.1 Å². The van der Waals surface area contributed by atoms with Crippen LogP contribution in [0, 0.1) is 0 Å². The van der Waals surface area contributed by atoms with E-state index in [9.17, 15) is 0 Å². The second-order valence-corrected chi connectivity index (χ2v) is 5.59. The number of piperidine rings is 1. The molecule has 86 valence electrons. The van der Waals surface area contributed by atoms with Gasteiger partial charge in [0.1, 0.15) is 0 Å². The maximum Gasteiger partial charge on any atom is 0.0249 e. The van der Waals surface area contributed by atoms with E-state index in [1.807, 2.05) is 0 Å². The van der Waals surface area contributed by atoms with Crippen LogP contribution in [0.3, 0.4) is 0 Å². The van der Waals surface area contributed by atoms with E-state index in [0.29, 0.717) is 6.04 Å². The minimum Gasteiger partial charge on any atom is -0.328 e. The zero-order valence-corrected chi connectivity index (χ0v) is 9.49. The molecule has 3 rings (SSSR count). The first-order chi connectivity index (χ1) is 7.33. The van der Waals surface area contributed by atoms with Crippen LogP contribution in [0.1, 0.15) is 38.5 Å². The Morgan fingerprint density at radius 2 is 1.93 bits per heavy atom. The van der Waals surface area contributed by atoms with Crippen molar-refractivity contribution >= 4 is 0 Å². The average molecular weight is 209 g/mol. The summed E-state index contributed by atoms with van der Waals surface area (Å²) in [6, 6.07) is 2.82. The highest BCUT2D eigenvalue weighted by Crippen LogP contribution is 2.29. The molecule has 0 amide bonds. The highest BCUT2D eigenvalue weighted by Gasteiger charge is 2.38. The smallest absolute Gasteiger partial charge is 0.0249 e. The van der Waals surface area contributed by atoms with Gasteiger partial charge in [-0.25, -0.2) is 0 Å². The van der Waals surface area contributed by atoms with E-state index in [2.05, 4.69) is 10.2 Å². The number of hydrogen-bond donors (Lipinski definition) is 2. The Labute approximate surface area is 92.4 Å². The van der Waals surface area contributed by atoms with Gasteiger partial charge in [-0.2, -0.15) is 0 Å². The zero-order valence-electron chi connectivity index (χ0n) is 9.49. The van der Waals surface area contributed by atoms with Crippen LogP contribution in [0.15, 0.2) is 0 Å². The molecule has 2 atom stereocenters. The molecule has 3 N–H and O–H groups in total. The van der Waals surface area contributed by atoms with Crippen molar-refractivity contribution in [2.45, 2.75) is 62.7 Å². The Bertz CT molecular complexity index is 225. The van der Waals surface area contributed by atoms with E-state index in [0.717, 1.165) is 18.1 Å². The average Bonchev–Trinajstić information content (AvgIpc) is 2.60. The van der Waals surface area contributed by atoms with Gasteiger partial charge in [0.2, 0.25) is 0 Å². The predicted molar refractivity (Wildman–Crippen MR) is 61.8 cm³/mol. The van der Waals surface area contributed by atoms with Crippen molar-refractivity contribution in [1.29, 1.82) is 0 Å². The van der Waals surface area contributed by atoms with Gasteiger partial charge in [-0.3, -0.25) is 4.90 Å². The summed E-state index contributed by atoms with van der Waals surface area (Å²) in [5.74, 6) is 0. The maximum atomic E-state index is 5.82. The molecule has 0 bridgehead atoms. The van der Waals surface area contributed by atoms with Crippen LogP contribution in [0.25, 0.3) is 0 Å². The van der Waals surface area contributed by atoms with E-state index >= 15 is 0 Å². The summed E-state index contributed by atoms with van der Waals surface area (Å²) in [6.45, 7) is 2.66. The van der Waals surface area contributed by atoms with Crippen LogP contribution < -0.4 is 11.1 Å². The SMILES string of the molecule is NC1CC(NC2CCN3CCCCC23)C1. The van der Waals surface area contributed by atoms with Crippen LogP contribution in [-0.4, -0.2) is 42.2 Å². The first kappa shape index (κ1) is 10.1.